The van der Waals surface area contributed by atoms with Crippen molar-refractivity contribution >= 4 is 23.7 Å². The van der Waals surface area contributed by atoms with Gasteiger partial charge < -0.3 is 16.4 Å². The third-order valence-electron chi connectivity index (χ3n) is 4.01. The van der Waals surface area contributed by atoms with E-state index in [1.165, 1.54) is 0 Å². The second-order valence-electron chi connectivity index (χ2n) is 5.82. The zero-order valence-electron chi connectivity index (χ0n) is 14.1. The van der Waals surface area contributed by atoms with Crippen LogP contribution in [0.15, 0.2) is 72.8 Å². The van der Waals surface area contributed by atoms with Gasteiger partial charge in [0.25, 0.3) is 5.91 Å². The highest BCUT2D eigenvalue weighted by molar-refractivity contribution is 6.06. The Morgan fingerprint density at radius 1 is 0.923 bits per heavy atom. The van der Waals surface area contributed by atoms with Gasteiger partial charge in [-0.15, -0.1) is 0 Å². The van der Waals surface area contributed by atoms with Crippen LogP contribution in [-0.4, -0.2) is 12.3 Å². The van der Waals surface area contributed by atoms with Crippen LogP contribution in [0.2, 0.25) is 0 Å². The summed E-state index contributed by atoms with van der Waals surface area (Å²) >= 11 is 0. The number of benzene rings is 3. The van der Waals surface area contributed by atoms with E-state index in [9.17, 15) is 9.59 Å². The van der Waals surface area contributed by atoms with Crippen LogP contribution in [0.1, 0.15) is 15.9 Å². The molecule has 0 saturated carbocycles. The molecule has 5 heteroatoms. The Bertz CT molecular complexity index is 906. The van der Waals surface area contributed by atoms with Crippen LogP contribution >= 0.6 is 0 Å². The Morgan fingerprint density at radius 2 is 1.65 bits per heavy atom. The average Bonchev–Trinajstić information content (AvgIpc) is 2.69. The molecule has 4 N–H and O–H groups in total. The van der Waals surface area contributed by atoms with E-state index in [0.29, 0.717) is 29.9 Å². The van der Waals surface area contributed by atoms with Crippen LogP contribution in [0, 0.1) is 0 Å². The Kier molecular flexibility index (Phi) is 5.29. The van der Waals surface area contributed by atoms with Gasteiger partial charge >= 0.3 is 0 Å². The molecule has 0 aliphatic rings. The molecule has 0 aliphatic heterocycles. The van der Waals surface area contributed by atoms with Gasteiger partial charge in [-0.25, -0.2) is 0 Å². The lowest BCUT2D eigenvalue weighted by molar-refractivity contribution is -0.109. The molecule has 0 aromatic heterocycles. The van der Waals surface area contributed by atoms with E-state index in [1.54, 1.807) is 30.3 Å². The molecule has 0 atom stereocenters. The van der Waals surface area contributed by atoms with Crippen LogP contribution in [0.3, 0.4) is 0 Å². The highest BCUT2D eigenvalue weighted by atomic mass is 16.1. The van der Waals surface area contributed by atoms with Gasteiger partial charge in [-0.05, 0) is 41.0 Å². The molecule has 3 rings (SSSR count). The molecule has 0 heterocycles. The minimum Gasteiger partial charge on any atom is -0.397 e. The summed E-state index contributed by atoms with van der Waals surface area (Å²) in [6.45, 7) is 0.428. The molecule has 0 aliphatic carbocycles. The Morgan fingerprint density at radius 3 is 2.35 bits per heavy atom. The lowest BCUT2D eigenvalue weighted by Crippen LogP contribution is -2.14. The smallest absolute Gasteiger partial charge is 0.255 e. The molecule has 2 amide bonds. The van der Waals surface area contributed by atoms with Gasteiger partial charge in [-0.3, -0.25) is 9.59 Å². The van der Waals surface area contributed by atoms with Crippen molar-refractivity contribution in [3.8, 4) is 11.1 Å². The number of hydrogen-bond donors (Lipinski definition) is 3. The van der Waals surface area contributed by atoms with Crippen molar-refractivity contribution in [1.29, 1.82) is 0 Å². The van der Waals surface area contributed by atoms with Gasteiger partial charge in [0.2, 0.25) is 6.41 Å². The third-order valence-corrected chi connectivity index (χ3v) is 4.01. The maximum atomic E-state index is 12.5. The van der Waals surface area contributed by atoms with Crippen molar-refractivity contribution in [2.75, 3.05) is 11.1 Å². The first-order chi connectivity index (χ1) is 12.7. The lowest BCUT2D eigenvalue weighted by Gasteiger charge is -2.11. The third kappa shape index (κ3) is 4.08. The number of nitrogens with one attached hydrogen (secondary N) is 2. The monoisotopic (exact) mass is 345 g/mol. The van der Waals surface area contributed by atoms with Crippen molar-refractivity contribution in [2.24, 2.45) is 0 Å². The van der Waals surface area contributed by atoms with E-state index in [1.807, 2.05) is 42.5 Å². The van der Waals surface area contributed by atoms with Gasteiger partial charge in [-0.2, -0.15) is 0 Å². The maximum Gasteiger partial charge on any atom is 0.255 e. The number of carbonyl (C=O) groups is 2. The van der Waals surface area contributed by atoms with E-state index >= 15 is 0 Å². The van der Waals surface area contributed by atoms with Gasteiger partial charge in [0.15, 0.2) is 0 Å². The number of nitrogens with two attached hydrogens (primary N) is 1. The Labute approximate surface area is 151 Å². The SMILES string of the molecule is Nc1ccc(-c2ccccc2)cc1NC(=O)c1ccc(CNC=O)cc1. The van der Waals surface area contributed by atoms with E-state index < -0.39 is 0 Å². The first-order valence-electron chi connectivity index (χ1n) is 8.19. The second-order valence-corrected chi connectivity index (χ2v) is 5.82. The molecule has 0 bridgehead atoms. The summed E-state index contributed by atoms with van der Waals surface area (Å²) in [5.74, 6) is -0.239. The van der Waals surface area contributed by atoms with Crippen LogP contribution in [0.4, 0.5) is 11.4 Å². The summed E-state index contributed by atoms with van der Waals surface area (Å²) in [5.41, 5.74) is 10.6. The standard InChI is InChI=1S/C21H19N3O2/c22-19-11-10-18(16-4-2-1-3-5-16)12-20(19)24-21(26)17-8-6-15(7-9-17)13-23-14-25/h1-12,14H,13,22H2,(H,23,25)(H,24,26). The number of carbonyl (C=O) groups excluding carboxylic acids is 2. The Hall–Kier alpha value is -3.60. The van der Waals surface area contributed by atoms with Gasteiger partial charge in [0, 0.05) is 12.1 Å². The minimum absolute atomic E-state index is 0.239. The maximum absolute atomic E-state index is 12.5. The van der Waals surface area contributed by atoms with Crippen LogP contribution in [0.5, 0.6) is 0 Å². The van der Waals surface area contributed by atoms with Crippen LogP contribution in [-0.2, 0) is 11.3 Å². The summed E-state index contributed by atoms with van der Waals surface area (Å²) in [5, 5.41) is 5.45. The number of nitrogen functional groups attached to an aromatic ring is 1. The number of rotatable bonds is 6. The molecule has 0 radical (unpaired) electrons. The molecule has 3 aromatic rings. The number of anilines is 2. The summed E-state index contributed by atoms with van der Waals surface area (Å²) in [6, 6.07) is 22.5. The van der Waals surface area contributed by atoms with Crippen molar-refractivity contribution in [3.05, 3.63) is 83.9 Å². The van der Waals surface area contributed by atoms with E-state index in [0.717, 1.165) is 16.7 Å². The van der Waals surface area contributed by atoms with Crippen molar-refractivity contribution in [1.82, 2.24) is 5.32 Å². The van der Waals surface area contributed by atoms with Gasteiger partial charge in [0.1, 0.15) is 0 Å². The number of amides is 2. The Balaban J connectivity index is 1.77. The second kappa shape index (κ2) is 7.98. The first-order valence-corrected chi connectivity index (χ1v) is 8.19. The summed E-state index contributed by atoms with van der Waals surface area (Å²) < 4.78 is 0. The zero-order valence-corrected chi connectivity index (χ0v) is 14.1. The van der Waals surface area contributed by atoms with E-state index in [-0.39, 0.29) is 5.91 Å². The predicted octanol–water partition coefficient (Wildman–Crippen LogP) is 3.43. The molecule has 0 fully saturated rings. The van der Waals surface area contributed by atoms with Gasteiger partial charge in [-0.1, -0.05) is 48.5 Å². The molecule has 3 aromatic carbocycles. The summed E-state index contributed by atoms with van der Waals surface area (Å²) in [4.78, 5) is 22.8. The first kappa shape index (κ1) is 17.2. The normalized spacial score (nSPS) is 10.2. The van der Waals surface area contributed by atoms with E-state index in [4.69, 9.17) is 5.73 Å². The minimum atomic E-state index is -0.239. The molecule has 0 saturated heterocycles. The van der Waals surface area contributed by atoms with Crippen LogP contribution in [0.25, 0.3) is 11.1 Å². The summed E-state index contributed by atoms with van der Waals surface area (Å²) in [6.07, 6.45) is 0.642. The topological polar surface area (TPSA) is 84.2 Å². The average molecular weight is 345 g/mol. The molecule has 26 heavy (non-hydrogen) atoms. The largest absolute Gasteiger partial charge is 0.397 e. The molecule has 0 unspecified atom stereocenters. The fourth-order valence-electron chi connectivity index (χ4n) is 2.60. The summed E-state index contributed by atoms with van der Waals surface area (Å²) in [7, 11) is 0. The quantitative estimate of drug-likeness (QED) is 0.473. The van der Waals surface area contributed by atoms with Crippen molar-refractivity contribution < 1.29 is 9.59 Å². The molecule has 130 valence electrons. The highest BCUT2D eigenvalue weighted by Crippen LogP contribution is 2.27. The van der Waals surface area contributed by atoms with Crippen molar-refractivity contribution in [3.63, 3.8) is 0 Å². The van der Waals surface area contributed by atoms with Crippen molar-refractivity contribution in [2.45, 2.75) is 6.54 Å². The fourth-order valence-corrected chi connectivity index (χ4v) is 2.60. The molecule has 5 nitrogen and oxygen atoms in total. The lowest BCUT2D eigenvalue weighted by atomic mass is 10.0. The van der Waals surface area contributed by atoms with Gasteiger partial charge in [0.05, 0.1) is 11.4 Å². The molecular formula is C21H19N3O2. The molecular weight excluding hydrogens is 326 g/mol. The predicted molar refractivity (Wildman–Crippen MR) is 104 cm³/mol. The van der Waals surface area contributed by atoms with E-state index in [2.05, 4.69) is 10.6 Å². The number of hydrogen-bond acceptors (Lipinski definition) is 3. The van der Waals surface area contributed by atoms with Crippen LogP contribution < -0.4 is 16.4 Å². The highest BCUT2D eigenvalue weighted by Gasteiger charge is 2.09. The fraction of sp³-hybridized carbons (Fsp3) is 0.0476. The zero-order chi connectivity index (χ0) is 18.4. The molecule has 0 spiro atoms.